The zero-order valence-electron chi connectivity index (χ0n) is 15.4. The normalized spacial score (nSPS) is 17.6. The van der Waals surface area contributed by atoms with Crippen LogP contribution in [0.4, 0.5) is 17.1 Å². The molecule has 1 saturated heterocycles. The van der Waals surface area contributed by atoms with Gasteiger partial charge in [0.2, 0.25) is 0 Å². The van der Waals surface area contributed by atoms with Gasteiger partial charge in [0.25, 0.3) is 5.69 Å². The summed E-state index contributed by atoms with van der Waals surface area (Å²) in [7, 11) is -1.67. The van der Waals surface area contributed by atoms with Crippen LogP contribution in [0.25, 0.3) is 0 Å². The molecule has 1 atom stereocenters. The number of benzene rings is 2. The minimum absolute atomic E-state index is 0.0408. The average molecular weight is 389 g/mol. The fourth-order valence-corrected chi connectivity index (χ4v) is 4.16. The van der Waals surface area contributed by atoms with Crippen molar-refractivity contribution in [2.45, 2.75) is 23.8 Å². The summed E-state index contributed by atoms with van der Waals surface area (Å²) >= 11 is 0. The summed E-state index contributed by atoms with van der Waals surface area (Å²) in [6.45, 7) is 1.70. The Morgan fingerprint density at radius 1 is 1.19 bits per heavy atom. The minimum atomic E-state index is -3.50. The van der Waals surface area contributed by atoms with Crippen LogP contribution in [0.15, 0.2) is 53.4 Å². The van der Waals surface area contributed by atoms with Crippen molar-refractivity contribution in [1.29, 1.82) is 0 Å². The van der Waals surface area contributed by atoms with Gasteiger partial charge < -0.3 is 9.80 Å². The lowest BCUT2D eigenvalue weighted by atomic mass is 10.0. The molecule has 0 amide bonds. The predicted molar refractivity (Wildman–Crippen MR) is 106 cm³/mol. The van der Waals surface area contributed by atoms with Gasteiger partial charge in [-0.05, 0) is 37.1 Å². The van der Waals surface area contributed by atoms with Gasteiger partial charge in [-0.1, -0.05) is 18.2 Å². The fourth-order valence-electron chi connectivity index (χ4n) is 3.52. The summed E-state index contributed by atoms with van der Waals surface area (Å²) in [6, 6.07) is 14.3. The molecule has 1 aliphatic rings. The van der Waals surface area contributed by atoms with Crippen LogP contribution in [0, 0.1) is 10.1 Å². The predicted octanol–water partition coefficient (Wildman–Crippen LogP) is 3.10. The number of nitrogens with zero attached hydrogens (tertiary/aromatic N) is 3. The monoisotopic (exact) mass is 389 g/mol. The number of likely N-dealkylation sites (N-methyl/N-ethyl adjacent to an activating group) is 1. The summed E-state index contributed by atoms with van der Waals surface area (Å²) in [6.07, 6.45) is 2.96. The molecule has 0 spiro atoms. The summed E-state index contributed by atoms with van der Waals surface area (Å²) in [5, 5.41) is 11.5. The summed E-state index contributed by atoms with van der Waals surface area (Å²) in [5.74, 6) is 0. The van der Waals surface area contributed by atoms with E-state index in [0.717, 1.165) is 43.9 Å². The maximum absolute atomic E-state index is 11.7. The molecule has 7 nitrogen and oxygen atoms in total. The van der Waals surface area contributed by atoms with Crippen LogP contribution in [-0.2, 0) is 9.84 Å². The second kappa shape index (κ2) is 7.56. The van der Waals surface area contributed by atoms with E-state index < -0.39 is 14.8 Å². The third-order valence-electron chi connectivity index (χ3n) is 5.02. The smallest absolute Gasteiger partial charge is 0.293 e. The second-order valence-electron chi connectivity index (χ2n) is 6.87. The first-order chi connectivity index (χ1) is 12.8. The number of nitro benzene ring substituents is 1. The van der Waals surface area contributed by atoms with Crippen LogP contribution in [0.5, 0.6) is 0 Å². The Morgan fingerprint density at radius 3 is 2.52 bits per heavy atom. The van der Waals surface area contributed by atoms with E-state index in [0.29, 0.717) is 5.69 Å². The molecule has 3 rings (SSSR count). The van der Waals surface area contributed by atoms with E-state index in [1.54, 1.807) is 0 Å². The first kappa shape index (κ1) is 19.2. The van der Waals surface area contributed by atoms with Gasteiger partial charge in [0.1, 0.15) is 5.69 Å². The Morgan fingerprint density at radius 2 is 1.89 bits per heavy atom. The molecule has 1 unspecified atom stereocenters. The number of nitro groups is 1. The second-order valence-corrected chi connectivity index (χ2v) is 8.88. The number of hydrogen-bond acceptors (Lipinski definition) is 6. The third kappa shape index (κ3) is 4.21. The van der Waals surface area contributed by atoms with Crippen molar-refractivity contribution in [1.82, 2.24) is 0 Å². The number of anilines is 2. The molecule has 0 bridgehead atoms. The van der Waals surface area contributed by atoms with Crippen LogP contribution >= 0.6 is 0 Å². The molecule has 1 aliphatic heterocycles. The number of hydrogen-bond donors (Lipinski definition) is 0. The molecule has 0 aromatic heterocycles. The van der Waals surface area contributed by atoms with Gasteiger partial charge >= 0.3 is 0 Å². The van der Waals surface area contributed by atoms with E-state index in [2.05, 4.69) is 17.0 Å². The Bertz CT molecular complexity index is 931. The van der Waals surface area contributed by atoms with Crippen LogP contribution in [0.3, 0.4) is 0 Å². The van der Waals surface area contributed by atoms with E-state index in [4.69, 9.17) is 0 Å². The lowest BCUT2D eigenvalue weighted by molar-refractivity contribution is -0.384. The molecule has 8 heteroatoms. The van der Waals surface area contributed by atoms with Gasteiger partial charge in [0.15, 0.2) is 9.84 Å². The number of para-hydroxylation sites is 1. The summed E-state index contributed by atoms with van der Waals surface area (Å²) in [5.41, 5.74) is 1.39. The maximum Gasteiger partial charge on any atom is 0.293 e. The van der Waals surface area contributed by atoms with Crippen LogP contribution < -0.4 is 9.80 Å². The minimum Gasteiger partial charge on any atom is -0.369 e. The number of piperidine rings is 1. The summed E-state index contributed by atoms with van der Waals surface area (Å²) < 4.78 is 23.5. The van der Waals surface area contributed by atoms with Crippen LogP contribution in [0.2, 0.25) is 0 Å². The topological polar surface area (TPSA) is 83.8 Å². The quantitative estimate of drug-likeness (QED) is 0.577. The van der Waals surface area contributed by atoms with Crippen molar-refractivity contribution in [3.8, 4) is 0 Å². The third-order valence-corrected chi connectivity index (χ3v) is 6.13. The largest absolute Gasteiger partial charge is 0.369 e. The average Bonchev–Trinajstić information content (AvgIpc) is 2.67. The van der Waals surface area contributed by atoms with Crippen LogP contribution in [-0.4, -0.2) is 45.8 Å². The van der Waals surface area contributed by atoms with Gasteiger partial charge in [0, 0.05) is 44.2 Å². The van der Waals surface area contributed by atoms with Gasteiger partial charge in [-0.15, -0.1) is 0 Å². The Hall–Kier alpha value is -2.61. The molecular formula is C19H23N3O4S. The Balaban J connectivity index is 1.88. The highest BCUT2D eigenvalue weighted by Gasteiger charge is 2.28. The number of rotatable bonds is 5. The molecule has 2 aromatic rings. The standard InChI is InChI=1S/C19H23N3O4S/c1-20(16-9-6-12-21(14-16)15-7-4-3-5-8-15)18-11-10-17(27(2,25)26)13-19(18)22(23)24/h3-5,7-8,10-11,13,16H,6,9,12,14H2,1-2H3. The van der Waals surface area contributed by atoms with Crippen molar-refractivity contribution in [2.75, 3.05) is 36.2 Å². The molecule has 1 heterocycles. The highest BCUT2D eigenvalue weighted by atomic mass is 32.2. The molecule has 2 aromatic carbocycles. The molecular weight excluding hydrogens is 366 g/mol. The highest BCUT2D eigenvalue weighted by Crippen LogP contribution is 2.33. The van der Waals surface area contributed by atoms with E-state index in [9.17, 15) is 18.5 Å². The van der Waals surface area contributed by atoms with E-state index in [1.807, 2.05) is 30.1 Å². The first-order valence-electron chi connectivity index (χ1n) is 8.78. The maximum atomic E-state index is 11.7. The first-order valence-corrected chi connectivity index (χ1v) is 10.7. The lowest BCUT2D eigenvalue weighted by Crippen LogP contribution is -2.47. The molecule has 144 valence electrons. The van der Waals surface area contributed by atoms with Crippen molar-refractivity contribution >= 4 is 26.9 Å². The molecule has 0 radical (unpaired) electrons. The van der Waals surface area contributed by atoms with E-state index in [1.165, 1.54) is 12.1 Å². The van der Waals surface area contributed by atoms with Gasteiger partial charge in [0.05, 0.1) is 9.82 Å². The zero-order valence-corrected chi connectivity index (χ0v) is 16.2. The lowest BCUT2D eigenvalue weighted by Gasteiger charge is -2.39. The SMILES string of the molecule is CN(c1ccc(S(C)(=O)=O)cc1[N+](=O)[O-])C1CCCN(c2ccccc2)C1. The highest BCUT2D eigenvalue weighted by molar-refractivity contribution is 7.90. The van der Waals surface area contributed by atoms with E-state index in [-0.39, 0.29) is 16.6 Å². The molecule has 0 aliphatic carbocycles. The molecule has 1 fully saturated rings. The Kier molecular flexibility index (Phi) is 5.36. The van der Waals surface area contributed by atoms with Crippen LogP contribution in [0.1, 0.15) is 12.8 Å². The van der Waals surface area contributed by atoms with E-state index >= 15 is 0 Å². The van der Waals surface area contributed by atoms with Crippen molar-refractivity contribution in [2.24, 2.45) is 0 Å². The molecule has 0 N–H and O–H groups in total. The molecule has 0 saturated carbocycles. The fraction of sp³-hybridized carbons (Fsp3) is 0.368. The van der Waals surface area contributed by atoms with Gasteiger partial charge in [-0.2, -0.15) is 0 Å². The zero-order chi connectivity index (χ0) is 19.6. The van der Waals surface area contributed by atoms with Gasteiger partial charge in [-0.25, -0.2) is 8.42 Å². The Labute approximate surface area is 159 Å². The van der Waals surface area contributed by atoms with Crippen molar-refractivity contribution in [3.63, 3.8) is 0 Å². The van der Waals surface area contributed by atoms with Crippen molar-refractivity contribution < 1.29 is 13.3 Å². The van der Waals surface area contributed by atoms with Gasteiger partial charge in [-0.3, -0.25) is 10.1 Å². The van der Waals surface area contributed by atoms with Crippen molar-refractivity contribution in [3.05, 3.63) is 58.6 Å². The summed E-state index contributed by atoms with van der Waals surface area (Å²) in [4.78, 5) is 15.2. The number of sulfone groups is 1. The molecule has 27 heavy (non-hydrogen) atoms.